The largest absolute Gasteiger partial charge is 0.493 e. The van der Waals surface area contributed by atoms with Crippen LogP contribution in [0.4, 0.5) is 4.79 Å². The van der Waals surface area contributed by atoms with Gasteiger partial charge in [-0.1, -0.05) is 0 Å². The van der Waals surface area contributed by atoms with Crippen LogP contribution in [0.3, 0.4) is 0 Å². The van der Waals surface area contributed by atoms with E-state index in [0.717, 1.165) is 4.67 Å². The van der Waals surface area contributed by atoms with Crippen LogP contribution in [-0.4, -0.2) is 45.8 Å². The number of amides is 2. The fourth-order valence-electron chi connectivity index (χ4n) is 0.942. The van der Waals surface area contributed by atoms with E-state index < -0.39 is 32.3 Å². The number of carbonyl (C=O) groups is 2. The molecule has 13 heavy (non-hydrogen) atoms. The Hall–Kier alpha value is -1.20. The zero-order valence-corrected chi connectivity index (χ0v) is 7.40. The number of carbonyl (C=O) groups excluding carboxylic acids is 1. The topological polar surface area (TPSA) is 107 Å². The second-order valence-electron chi connectivity index (χ2n) is 2.42. The van der Waals surface area contributed by atoms with Crippen LogP contribution >= 0.6 is 7.95 Å². The van der Waals surface area contributed by atoms with E-state index in [9.17, 15) is 14.2 Å². The first-order valence-corrected chi connectivity index (χ1v) is 4.82. The number of rotatable bonds is 3. The molecular formula is C5H8N2O5P+. The molecule has 72 valence electrons. The highest BCUT2D eigenvalue weighted by atomic mass is 31.1. The van der Waals surface area contributed by atoms with E-state index in [1.54, 1.807) is 0 Å². The summed E-state index contributed by atoms with van der Waals surface area (Å²) in [6, 6.07) is -0.817. The van der Waals surface area contributed by atoms with E-state index in [0.29, 0.717) is 0 Å². The second-order valence-corrected chi connectivity index (χ2v) is 3.89. The molecule has 1 aliphatic rings. The van der Waals surface area contributed by atoms with Crippen LogP contribution in [0.1, 0.15) is 0 Å². The maximum Gasteiger partial charge on any atom is 0.493 e. The van der Waals surface area contributed by atoms with E-state index in [4.69, 9.17) is 10.2 Å². The summed E-state index contributed by atoms with van der Waals surface area (Å²) in [7, 11) is -2.09. The Bertz CT molecular complexity index is 268. The van der Waals surface area contributed by atoms with Gasteiger partial charge in [0.15, 0.2) is 0 Å². The molecular weight excluding hydrogens is 199 g/mol. The Morgan fingerprint density at radius 2 is 2.38 bits per heavy atom. The number of β-lactam (4-membered cyclic amide) rings is 1. The number of aliphatic hydroxyl groups is 1. The van der Waals surface area contributed by atoms with Gasteiger partial charge in [-0.15, -0.1) is 4.67 Å². The zero-order valence-electron chi connectivity index (χ0n) is 6.51. The van der Waals surface area contributed by atoms with Crippen LogP contribution in [0, 0.1) is 0 Å². The summed E-state index contributed by atoms with van der Waals surface area (Å²) in [5.74, 6) is -0.558. The molecule has 0 aliphatic carbocycles. The van der Waals surface area contributed by atoms with Crippen molar-refractivity contribution in [2.45, 2.75) is 6.04 Å². The third-order valence-corrected chi connectivity index (χ3v) is 2.74. The van der Waals surface area contributed by atoms with Crippen LogP contribution < -0.4 is 5.32 Å². The molecule has 0 saturated carbocycles. The molecule has 0 aromatic heterocycles. The third kappa shape index (κ3) is 1.93. The second kappa shape index (κ2) is 3.68. The lowest BCUT2D eigenvalue weighted by Gasteiger charge is -2.28. The molecule has 1 saturated heterocycles. The van der Waals surface area contributed by atoms with Gasteiger partial charge in [0.2, 0.25) is 0 Å². The molecule has 0 bridgehead atoms. The molecule has 0 aromatic rings. The number of nitrogens with zero attached hydrogens (tertiary/aromatic N) is 1. The molecule has 1 heterocycles. The molecule has 0 aromatic carbocycles. The zero-order chi connectivity index (χ0) is 10.0. The summed E-state index contributed by atoms with van der Waals surface area (Å²) in [5, 5.41) is 18.6. The number of carboxylic acid groups (broad SMARTS) is 1. The smallest absolute Gasteiger partial charge is 0.465 e. The normalized spacial score (nSPS) is 22.2. The first-order valence-electron chi connectivity index (χ1n) is 3.42. The van der Waals surface area contributed by atoms with E-state index in [1.165, 1.54) is 0 Å². The van der Waals surface area contributed by atoms with Gasteiger partial charge < -0.3 is 15.5 Å². The van der Waals surface area contributed by atoms with E-state index in [2.05, 4.69) is 0 Å². The third-order valence-electron chi connectivity index (χ3n) is 1.60. The fraction of sp³-hybridized carbons (Fsp3) is 0.600. The van der Waals surface area contributed by atoms with Crippen molar-refractivity contribution in [1.29, 1.82) is 0 Å². The Kier molecular flexibility index (Phi) is 2.79. The van der Waals surface area contributed by atoms with Crippen molar-refractivity contribution in [3.63, 3.8) is 0 Å². The summed E-state index contributed by atoms with van der Waals surface area (Å²) in [5.41, 5.74) is 0. The first-order chi connectivity index (χ1) is 6.06. The molecule has 8 heteroatoms. The summed E-state index contributed by atoms with van der Waals surface area (Å²) in [4.78, 5) is 21.1. The maximum absolute atomic E-state index is 11.0. The SMILES string of the molecule is O=C(O)NC1CN([P+](=O)CO)C1=O. The predicted molar refractivity (Wildman–Crippen MR) is 41.4 cm³/mol. The molecule has 3 N–H and O–H groups in total. The van der Waals surface area contributed by atoms with E-state index in [1.807, 2.05) is 5.32 Å². The van der Waals surface area contributed by atoms with Crippen molar-refractivity contribution in [3.05, 3.63) is 0 Å². The minimum atomic E-state index is -2.09. The lowest BCUT2D eigenvalue weighted by atomic mass is 10.2. The average molecular weight is 207 g/mol. The van der Waals surface area contributed by atoms with Gasteiger partial charge in [-0.3, -0.25) is 4.79 Å². The molecule has 0 spiro atoms. The number of hydrogen-bond acceptors (Lipinski definition) is 4. The van der Waals surface area contributed by atoms with Gasteiger partial charge >= 0.3 is 14.0 Å². The Morgan fingerprint density at radius 1 is 1.77 bits per heavy atom. The van der Waals surface area contributed by atoms with Crippen LogP contribution in [0.25, 0.3) is 0 Å². The molecule has 2 unspecified atom stereocenters. The highest BCUT2D eigenvalue weighted by molar-refractivity contribution is 7.42. The number of aliphatic hydroxyl groups excluding tert-OH is 1. The molecule has 0 radical (unpaired) electrons. The molecule has 1 rings (SSSR count). The van der Waals surface area contributed by atoms with Crippen molar-refractivity contribution < 1.29 is 24.4 Å². The van der Waals surface area contributed by atoms with Gasteiger partial charge in [0.25, 0.3) is 12.3 Å². The van der Waals surface area contributed by atoms with Crippen LogP contribution in [-0.2, 0) is 9.36 Å². The summed E-state index contributed by atoms with van der Waals surface area (Å²) < 4.78 is 11.8. The van der Waals surface area contributed by atoms with Crippen molar-refractivity contribution in [2.24, 2.45) is 0 Å². The molecule has 2 atom stereocenters. The Balaban J connectivity index is 2.43. The van der Waals surface area contributed by atoms with Crippen molar-refractivity contribution in [2.75, 3.05) is 12.9 Å². The number of hydrogen-bond donors (Lipinski definition) is 3. The summed E-state index contributed by atoms with van der Waals surface area (Å²) >= 11 is 0. The average Bonchev–Trinajstić information content (AvgIpc) is 2.09. The van der Waals surface area contributed by atoms with Gasteiger partial charge in [0.05, 0.1) is 6.54 Å². The molecule has 7 nitrogen and oxygen atoms in total. The van der Waals surface area contributed by atoms with Crippen molar-refractivity contribution in [3.8, 4) is 0 Å². The fourth-order valence-corrected chi connectivity index (χ4v) is 1.80. The molecule has 2 amide bonds. The van der Waals surface area contributed by atoms with Crippen LogP contribution in [0.15, 0.2) is 0 Å². The van der Waals surface area contributed by atoms with Gasteiger partial charge in [-0.25, -0.2) is 4.79 Å². The number of nitrogens with one attached hydrogen (secondary N) is 1. The van der Waals surface area contributed by atoms with E-state index in [-0.39, 0.29) is 6.54 Å². The van der Waals surface area contributed by atoms with Crippen LogP contribution in [0.5, 0.6) is 0 Å². The van der Waals surface area contributed by atoms with Crippen LogP contribution in [0.2, 0.25) is 0 Å². The standard InChI is InChI=1S/C5H7N2O5P/c8-2-13(12)7-1-3(4(7)9)6-5(10)11/h3,6,8H,1-2H2/p+1. The predicted octanol–water partition coefficient (Wildman–Crippen LogP) is -0.843. The summed E-state index contributed by atoms with van der Waals surface area (Å²) in [6.45, 7) is 0.0564. The lowest BCUT2D eigenvalue weighted by molar-refractivity contribution is -0.136. The van der Waals surface area contributed by atoms with E-state index >= 15 is 0 Å². The molecule has 1 fully saturated rings. The maximum atomic E-state index is 11.0. The highest BCUT2D eigenvalue weighted by Crippen LogP contribution is 2.31. The lowest BCUT2D eigenvalue weighted by Crippen LogP contribution is -2.61. The van der Waals surface area contributed by atoms with Gasteiger partial charge in [-0.05, 0) is 4.57 Å². The minimum absolute atomic E-state index is 0.0564. The van der Waals surface area contributed by atoms with Crippen molar-refractivity contribution >= 4 is 20.0 Å². The van der Waals surface area contributed by atoms with Gasteiger partial charge in [0.1, 0.15) is 6.04 Å². The molecule has 1 aliphatic heterocycles. The Morgan fingerprint density at radius 3 is 2.77 bits per heavy atom. The quantitative estimate of drug-likeness (QED) is 0.413. The highest BCUT2D eigenvalue weighted by Gasteiger charge is 2.48. The van der Waals surface area contributed by atoms with Crippen molar-refractivity contribution in [1.82, 2.24) is 9.99 Å². The summed E-state index contributed by atoms with van der Waals surface area (Å²) in [6.07, 6.45) is -1.89. The van der Waals surface area contributed by atoms with Gasteiger partial charge in [-0.2, -0.15) is 0 Å². The minimum Gasteiger partial charge on any atom is -0.465 e. The monoisotopic (exact) mass is 207 g/mol. The Labute approximate surface area is 74.2 Å². The van der Waals surface area contributed by atoms with Gasteiger partial charge in [0, 0.05) is 0 Å². The first kappa shape index (κ1) is 9.88.